The fourth-order valence-corrected chi connectivity index (χ4v) is 2.40. The maximum atomic E-state index is 11.6. The standard InChI is InChI=1S/C11H11BrO/c1-7-5-9-8(11(13)6-7)3-2-4-10(9)12/h2-4,7H,5-6H2,1H3. The third-order valence-corrected chi connectivity index (χ3v) is 3.25. The molecule has 0 radical (unpaired) electrons. The maximum absolute atomic E-state index is 11.6. The summed E-state index contributed by atoms with van der Waals surface area (Å²) in [5.41, 5.74) is 2.10. The highest BCUT2D eigenvalue weighted by Crippen LogP contribution is 2.30. The average molecular weight is 239 g/mol. The van der Waals surface area contributed by atoms with Gasteiger partial charge in [-0.1, -0.05) is 35.0 Å². The van der Waals surface area contributed by atoms with Gasteiger partial charge in [-0.05, 0) is 24.0 Å². The van der Waals surface area contributed by atoms with E-state index in [2.05, 4.69) is 22.9 Å². The minimum absolute atomic E-state index is 0.287. The smallest absolute Gasteiger partial charge is 0.163 e. The number of carbonyl (C=O) groups is 1. The van der Waals surface area contributed by atoms with Gasteiger partial charge in [-0.25, -0.2) is 0 Å². The lowest BCUT2D eigenvalue weighted by atomic mass is 9.84. The van der Waals surface area contributed by atoms with Crippen LogP contribution in [0.5, 0.6) is 0 Å². The predicted molar refractivity (Wildman–Crippen MR) is 56.0 cm³/mol. The fourth-order valence-electron chi connectivity index (χ4n) is 1.87. The highest BCUT2D eigenvalue weighted by molar-refractivity contribution is 9.10. The van der Waals surface area contributed by atoms with Gasteiger partial charge in [0.15, 0.2) is 5.78 Å². The van der Waals surface area contributed by atoms with Gasteiger partial charge >= 0.3 is 0 Å². The van der Waals surface area contributed by atoms with E-state index < -0.39 is 0 Å². The highest BCUT2D eigenvalue weighted by atomic mass is 79.9. The summed E-state index contributed by atoms with van der Waals surface area (Å²) in [4.78, 5) is 11.6. The number of hydrogen-bond acceptors (Lipinski definition) is 1. The topological polar surface area (TPSA) is 17.1 Å². The number of hydrogen-bond donors (Lipinski definition) is 0. The molecule has 0 saturated heterocycles. The molecule has 1 aromatic rings. The molecule has 1 aromatic carbocycles. The summed E-state index contributed by atoms with van der Waals surface area (Å²) in [6.07, 6.45) is 1.71. The molecule has 68 valence electrons. The Labute approximate surface area is 86.3 Å². The van der Waals surface area contributed by atoms with Crippen LogP contribution in [0.15, 0.2) is 22.7 Å². The molecule has 0 amide bonds. The molecule has 2 rings (SSSR count). The van der Waals surface area contributed by atoms with Crippen molar-refractivity contribution in [1.29, 1.82) is 0 Å². The molecule has 0 spiro atoms. The lowest BCUT2D eigenvalue weighted by Crippen LogP contribution is -2.18. The van der Waals surface area contributed by atoms with Gasteiger partial charge in [0.1, 0.15) is 0 Å². The summed E-state index contributed by atoms with van der Waals surface area (Å²) >= 11 is 3.48. The molecule has 1 aliphatic carbocycles. The quantitative estimate of drug-likeness (QED) is 0.679. The van der Waals surface area contributed by atoms with Crippen LogP contribution in [0, 0.1) is 5.92 Å². The van der Waals surface area contributed by atoms with E-state index >= 15 is 0 Å². The van der Waals surface area contributed by atoms with Crippen LogP contribution in [-0.4, -0.2) is 5.78 Å². The van der Waals surface area contributed by atoms with Crippen molar-refractivity contribution < 1.29 is 4.79 Å². The zero-order chi connectivity index (χ0) is 9.42. The number of fused-ring (bicyclic) bond motifs is 1. The third-order valence-electron chi connectivity index (χ3n) is 2.51. The first-order valence-corrected chi connectivity index (χ1v) is 5.28. The van der Waals surface area contributed by atoms with E-state index in [4.69, 9.17) is 0 Å². The van der Waals surface area contributed by atoms with Gasteiger partial charge in [-0.3, -0.25) is 4.79 Å². The molecule has 0 aromatic heterocycles. The Kier molecular flexibility index (Phi) is 2.24. The van der Waals surface area contributed by atoms with Crippen molar-refractivity contribution in [2.45, 2.75) is 19.8 Å². The van der Waals surface area contributed by atoms with Crippen LogP contribution in [0.4, 0.5) is 0 Å². The van der Waals surface area contributed by atoms with Crippen LogP contribution in [0.3, 0.4) is 0 Å². The number of ketones is 1. The molecule has 0 heterocycles. The zero-order valence-corrected chi connectivity index (χ0v) is 9.10. The largest absolute Gasteiger partial charge is 0.294 e. The molecule has 0 aliphatic heterocycles. The monoisotopic (exact) mass is 238 g/mol. The van der Waals surface area contributed by atoms with Gasteiger partial charge in [-0.15, -0.1) is 0 Å². The van der Waals surface area contributed by atoms with Crippen molar-refractivity contribution in [2.75, 3.05) is 0 Å². The van der Waals surface area contributed by atoms with Crippen LogP contribution in [-0.2, 0) is 6.42 Å². The molecule has 0 bridgehead atoms. The van der Waals surface area contributed by atoms with Crippen LogP contribution in [0.25, 0.3) is 0 Å². The van der Waals surface area contributed by atoms with Crippen molar-refractivity contribution in [3.8, 4) is 0 Å². The molecular weight excluding hydrogens is 228 g/mol. The Bertz CT molecular complexity index is 357. The molecule has 1 aliphatic rings. The second kappa shape index (κ2) is 3.26. The molecule has 0 fully saturated rings. The summed E-state index contributed by atoms with van der Waals surface area (Å²) in [7, 11) is 0. The van der Waals surface area contributed by atoms with Crippen LogP contribution in [0.2, 0.25) is 0 Å². The summed E-state index contributed by atoms with van der Waals surface area (Å²) < 4.78 is 1.07. The number of Topliss-reactive ketones (excluding diaryl/α,β-unsaturated/α-hetero) is 1. The maximum Gasteiger partial charge on any atom is 0.163 e. The SMILES string of the molecule is CC1CC(=O)c2cccc(Br)c2C1. The first-order valence-electron chi connectivity index (χ1n) is 4.49. The second-order valence-corrected chi connectivity index (χ2v) is 4.56. The summed E-state index contributed by atoms with van der Waals surface area (Å²) in [6, 6.07) is 5.86. The second-order valence-electron chi connectivity index (χ2n) is 3.70. The van der Waals surface area contributed by atoms with Gasteiger partial charge < -0.3 is 0 Å². The zero-order valence-electron chi connectivity index (χ0n) is 7.51. The van der Waals surface area contributed by atoms with Crippen LogP contribution >= 0.6 is 15.9 Å². The van der Waals surface area contributed by atoms with E-state index in [0.717, 1.165) is 16.5 Å². The fraction of sp³-hybridized carbons (Fsp3) is 0.364. The molecule has 0 N–H and O–H groups in total. The van der Waals surface area contributed by atoms with Crippen molar-refractivity contribution in [3.05, 3.63) is 33.8 Å². The van der Waals surface area contributed by atoms with Gasteiger partial charge in [0.05, 0.1) is 0 Å². The number of benzene rings is 1. The van der Waals surface area contributed by atoms with Gasteiger partial charge in [0.2, 0.25) is 0 Å². The Balaban J connectivity index is 2.55. The first kappa shape index (κ1) is 8.95. The molecular formula is C11H11BrO. The molecule has 1 atom stereocenters. The first-order chi connectivity index (χ1) is 6.18. The van der Waals surface area contributed by atoms with Crippen molar-refractivity contribution >= 4 is 21.7 Å². The predicted octanol–water partition coefficient (Wildman–Crippen LogP) is 3.21. The lowest BCUT2D eigenvalue weighted by Gasteiger charge is -2.21. The Hall–Kier alpha value is -0.630. The van der Waals surface area contributed by atoms with Crippen LogP contribution < -0.4 is 0 Å². The summed E-state index contributed by atoms with van der Waals surface area (Å²) in [6.45, 7) is 2.13. The van der Waals surface area contributed by atoms with E-state index in [1.807, 2.05) is 18.2 Å². The van der Waals surface area contributed by atoms with Crippen molar-refractivity contribution in [3.63, 3.8) is 0 Å². The van der Waals surface area contributed by atoms with E-state index in [9.17, 15) is 4.79 Å². The molecule has 2 heteroatoms. The average Bonchev–Trinajstić information content (AvgIpc) is 2.07. The van der Waals surface area contributed by atoms with E-state index in [-0.39, 0.29) is 5.78 Å². The molecule has 0 saturated carbocycles. The third kappa shape index (κ3) is 1.55. The Morgan fingerprint density at radius 1 is 1.38 bits per heavy atom. The van der Waals surface area contributed by atoms with E-state index in [0.29, 0.717) is 12.3 Å². The van der Waals surface area contributed by atoms with Gasteiger partial charge in [-0.2, -0.15) is 0 Å². The van der Waals surface area contributed by atoms with E-state index in [1.165, 1.54) is 5.56 Å². The number of rotatable bonds is 0. The Morgan fingerprint density at radius 3 is 2.92 bits per heavy atom. The molecule has 1 nitrogen and oxygen atoms in total. The molecule has 13 heavy (non-hydrogen) atoms. The minimum Gasteiger partial charge on any atom is -0.294 e. The highest BCUT2D eigenvalue weighted by Gasteiger charge is 2.23. The summed E-state index contributed by atoms with van der Waals surface area (Å²) in [5, 5.41) is 0. The van der Waals surface area contributed by atoms with Crippen molar-refractivity contribution in [2.24, 2.45) is 5.92 Å². The lowest BCUT2D eigenvalue weighted by molar-refractivity contribution is 0.0953. The van der Waals surface area contributed by atoms with Gasteiger partial charge in [0, 0.05) is 16.5 Å². The van der Waals surface area contributed by atoms with E-state index in [1.54, 1.807) is 0 Å². The summed E-state index contributed by atoms with van der Waals surface area (Å²) in [5.74, 6) is 0.772. The Morgan fingerprint density at radius 2 is 2.15 bits per heavy atom. The molecule has 1 unspecified atom stereocenters. The number of halogens is 1. The number of carbonyl (C=O) groups excluding carboxylic acids is 1. The minimum atomic E-state index is 0.287. The normalized spacial score (nSPS) is 21.4. The van der Waals surface area contributed by atoms with Gasteiger partial charge in [0.25, 0.3) is 0 Å². The van der Waals surface area contributed by atoms with Crippen LogP contribution in [0.1, 0.15) is 29.3 Å². The van der Waals surface area contributed by atoms with Crippen molar-refractivity contribution in [1.82, 2.24) is 0 Å².